The lowest BCUT2D eigenvalue weighted by Gasteiger charge is -2.19. The van der Waals surface area contributed by atoms with Crippen molar-refractivity contribution in [1.29, 1.82) is 0 Å². The lowest BCUT2D eigenvalue weighted by molar-refractivity contribution is 0.127. The Balaban J connectivity index is 1.65. The zero-order valence-corrected chi connectivity index (χ0v) is 12.4. The molecule has 2 N–H and O–H groups in total. The number of nitrogens with one attached hydrogen (secondary N) is 1. The summed E-state index contributed by atoms with van der Waals surface area (Å²) >= 11 is 11.8. The standard InChI is InChI=1S/C14H16Cl2N2O2/c15-9-3-10(16)5-11(4-9)17-14(20)18-6-8-1-2-13(19)12(8)7-18/h3-5,8,12-13,19H,1-2,6-7H2,(H,17,20). The van der Waals surface area contributed by atoms with Gasteiger partial charge in [-0.3, -0.25) is 0 Å². The van der Waals surface area contributed by atoms with Crippen molar-refractivity contribution in [2.24, 2.45) is 11.8 Å². The van der Waals surface area contributed by atoms with E-state index in [1.165, 1.54) is 0 Å². The lowest BCUT2D eigenvalue weighted by atomic mass is 10.00. The van der Waals surface area contributed by atoms with Gasteiger partial charge in [0.1, 0.15) is 0 Å². The number of benzene rings is 1. The Morgan fingerprint density at radius 2 is 1.90 bits per heavy atom. The maximum Gasteiger partial charge on any atom is 0.321 e. The van der Waals surface area contributed by atoms with Gasteiger partial charge in [0.05, 0.1) is 6.10 Å². The number of hydrogen-bond acceptors (Lipinski definition) is 2. The van der Waals surface area contributed by atoms with Crippen molar-refractivity contribution in [3.8, 4) is 0 Å². The molecule has 1 heterocycles. The molecule has 2 aliphatic rings. The smallest absolute Gasteiger partial charge is 0.321 e. The fourth-order valence-corrected chi connectivity index (χ4v) is 3.76. The molecule has 0 radical (unpaired) electrons. The van der Waals surface area contributed by atoms with Gasteiger partial charge >= 0.3 is 6.03 Å². The second-order valence-electron chi connectivity index (χ2n) is 5.56. The van der Waals surface area contributed by atoms with E-state index in [1.54, 1.807) is 23.1 Å². The van der Waals surface area contributed by atoms with Crippen LogP contribution in [0.5, 0.6) is 0 Å². The van der Waals surface area contributed by atoms with Gasteiger partial charge in [-0.2, -0.15) is 0 Å². The highest BCUT2D eigenvalue weighted by Gasteiger charge is 2.43. The van der Waals surface area contributed by atoms with E-state index in [2.05, 4.69) is 5.32 Å². The van der Waals surface area contributed by atoms with Gasteiger partial charge in [-0.1, -0.05) is 23.2 Å². The number of hydrogen-bond donors (Lipinski definition) is 2. The predicted molar refractivity (Wildman–Crippen MR) is 79.3 cm³/mol. The van der Waals surface area contributed by atoms with Gasteiger partial charge in [0.25, 0.3) is 0 Å². The highest BCUT2D eigenvalue weighted by molar-refractivity contribution is 6.35. The van der Waals surface area contributed by atoms with Gasteiger partial charge in [-0.15, -0.1) is 0 Å². The SMILES string of the molecule is O=C(Nc1cc(Cl)cc(Cl)c1)N1CC2CCC(O)C2C1. The number of nitrogens with zero attached hydrogens (tertiary/aromatic N) is 1. The summed E-state index contributed by atoms with van der Waals surface area (Å²) < 4.78 is 0. The van der Waals surface area contributed by atoms with Crippen LogP contribution < -0.4 is 5.32 Å². The molecule has 3 atom stereocenters. The number of fused-ring (bicyclic) bond motifs is 1. The lowest BCUT2D eigenvalue weighted by Crippen LogP contribution is -2.34. The van der Waals surface area contributed by atoms with E-state index in [0.717, 1.165) is 12.8 Å². The molecule has 0 spiro atoms. The van der Waals surface area contributed by atoms with E-state index in [9.17, 15) is 9.90 Å². The van der Waals surface area contributed by atoms with Gasteiger partial charge in [0.2, 0.25) is 0 Å². The van der Waals surface area contributed by atoms with Crippen molar-refractivity contribution >= 4 is 34.9 Å². The fraction of sp³-hybridized carbons (Fsp3) is 0.500. The predicted octanol–water partition coefficient (Wildman–Crippen LogP) is 3.23. The number of aliphatic hydroxyl groups is 1. The third kappa shape index (κ3) is 2.73. The number of carbonyl (C=O) groups is 1. The number of halogens is 2. The molecule has 1 aromatic rings. The summed E-state index contributed by atoms with van der Waals surface area (Å²) in [7, 11) is 0. The van der Waals surface area contributed by atoms with Gasteiger partial charge < -0.3 is 15.3 Å². The molecule has 6 heteroatoms. The minimum atomic E-state index is -0.265. The van der Waals surface area contributed by atoms with Crippen LogP contribution in [0.4, 0.5) is 10.5 Å². The number of aliphatic hydroxyl groups excluding tert-OH is 1. The number of anilines is 1. The van der Waals surface area contributed by atoms with Crippen LogP contribution in [0, 0.1) is 11.8 Å². The van der Waals surface area contributed by atoms with E-state index in [-0.39, 0.29) is 18.1 Å². The Kier molecular flexibility index (Phi) is 3.80. The topological polar surface area (TPSA) is 52.6 Å². The Labute approximate surface area is 127 Å². The molecule has 2 amide bonds. The number of amides is 2. The molecule has 1 saturated carbocycles. The van der Waals surface area contributed by atoms with E-state index >= 15 is 0 Å². The van der Waals surface area contributed by atoms with Crippen LogP contribution in [0.1, 0.15) is 12.8 Å². The summed E-state index contributed by atoms with van der Waals surface area (Å²) in [5.41, 5.74) is 0.588. The van der Waals surface area contributed by atoms with Crippen LogP contribution in [0.15, 0.2) is 18.2 Å². The van der Waals surface area contributed by atoms with E-state index in [4.69, 9.17) is 23.2 Å². The van der Waals surface area contributed by atoms with Crippen molar-refractivity contribution in [2.75, 3.05) is 18.4 Å². The van der Waals surface area contributed by atoms with Crippen LogP contribution in [0.25, 0.3) is 0 Å². The molecular weight excluding hydrogens is 299 g/mol. The second kappa shape index (κ2) is 5.43. The molecule has 3 unspecified atom stereocenters. The highest BCUT2D eigenvalue weighted by atomic mass is 35.5. The summed E-state index contributed by atoms with van der Waals surface area (Å²) in [6.07, 6.45) is 1.59. The molecule has 108 valence electrons. The van der Waals surface area contributed by atoms with Crippen molar-refractivity contribution in [2.45, 2.75) is 18.9 Å². The minimum absolute atomic E-state index is 0.162. The fourth-order valence-electron chi connectivity index (χ4n) is 3.23. The Morgan fingerprint density at radius 3 is 2.55 bits per heavy atom. The summed E-state index contributed by atoms with van der Waals surface area (Å²) in [4.78, 5) is 14.0. The third-order valence-electron chi connectivity index (χ3n) is 4.22. The second-order valence-corrected chi connectivity index (χ2v) is 6.43. The molecule has 0 aromatic heterocycles. The monoisotopic (exact) mass is 314 g/mol. The largest absolute Gasteiger partial charge is 0.393 e. The summed E-state index contributed by atoms with van der Waals surface area (Å²) in [5.74, 6) is 0.655. The number of urea groups is 1. The maximum absolute atomic E-state index is 12.2. The Hall–Kier alpha value is -0.970. The first kappa shape index (κ1) is 14.0. The van der Waals surface area contributed by atoms with Crippen LogP contribution in [-0.2, 0) is 0 Å². The maximum atomic E-state index is 12.2. The third-order valence-corrected chi connectivity index (χ3v) is 4.66. The van der Waals surface area contributed by atoms with Crippen LogP contribution in [0.3, 0.4) is 0 Å². The van der Waals surface area contributed by atoms with Gasteiger partial charge in [-0.25, -0.2) is 4.79 Å². The molecule has 3 rings (SSSR count). The minimum Gasteiger partial charge on any atom is -0.393 e. The average molecular weight is 315 g/mol. The van der Waals surface area contributed by atoms with Crippen LogP contribution in [0.2, 0.25) is 10.0 Å². The summed E-state index contributed by atoms with van der Waals surface area (Å²) in [6.45, 7) is 1.33. The van der Waals surface area contributed by atoms with E-state index in [1.807, 2.05) is 0 Å². The van der Waals surface area contributed by atoms with Gasteiger partial charge in [0, 0.05) is 34.7 Å². The van der Waals surface area contributed by atoms with Crippen LogP contribution >= 0.6 is 23.2 Å². The number of carbonyl (C=O) groups excluding carboxylic acids is 1. The molecule has 1 aromatic carbocycles. The summed E-state index contributed by atoms with van der Waals surface area (Å²) in [6, 6.07) is 4.79. The Morgan fingerprint density at radius 1 is 1.20 bits per heavy atom. The normalized spacial score (nSPS) is 28.6. The number of rotatable bonds is 1. The van der Waals surface area contributed by atoms with Gasteiger partial charge in [-0.05, 0) is 37.0 Å². The zero-order valence-electron chi connectivity index (χ0n) is 10.9. The molecule has 1 saturated heterocycles. The first-order valence-corrected chi connectivity index (χ1v) is 7.48. The highest BCUT2D eigenvalue weighted by Crippen LogP contribution is 2.38. The molecule has 20 heavy (non-hydrogen) atoms. The average Bonchev–Trinajstić information content (AvgIpc) is 2.91. The van der Waals surface area contributed by atoms with E-state index in [0.29, 0.717) is 34.7 Å². The van der Waals surface area contributed by atoms with Crippen LogP contribution in [-0.4, -0.2) is 35.2 Å². The first-order valence-electron chi connectivity index (χ1n) is 6.73. The van der Waals surface area contributed by atoms with Crippen molar-refractivity contribution in [3.63, 3.8) is 0 Å². The first-order chi connectivity index (χ1) is 9.52. The van der Waals surface area contributed by atoms with Crippen molar-refractivity contribution in [1.82, 2.24) is 4.90 Å². The van der Waals surface area contributed by atoms with Crippen molar-refractivity contribution < 1.29 is 9.90 Å². The quantitative estimate of drug-likeness (QED) is 0.836. The zero-order chi connectivity index (χ0) is 14.3. The number of likely N-dealkylation sites (tertiary alicyclic amines) is 1. The molecule has 4 nitrogen and oxygen atoms in total. The van der Waals surface area contributed by atoms with Gasteiger partial charge in [0.15, 0.2) is 0 Å². The Bertz CT molecular complexity index is 518. The molecule has 2 fully saturated rings. The molecular formula is C14H16Cl2N2O2. The molecule has 1 aliphatic carbocycles. The van der Waals surface area contributed by atoms with E-state index < -0.39 is 0 Å². The van der Waals surface area contributed by atoms with Crippen molar-refractivity contribution in [3.05, 3.63) is 28.2 Å². The summed E-state index contributed by atoms with van der Waals surface area (Å²) in [5, 5.41) is 13.6. The molecule has 0 bridgehead atoms. The molecule has 1 aliphatic heterocycles.